The van der Waals surface area contributed by atoms with Crippen LogP contribution in [0.3, 0.4) is 0 Å². The maximum absolute atomic E-state index is 12.9. The van der Waals surface area contributed by atoms with Crippen molar-refractivity contribution >= 4 is 28.9 Å². The van der Waals surface area contributed by atoms with Gasteiger partial charge in [-0.3, -0.25) is 0 Å². The molecule has 0 radical (unpaired) electrons. The first kappa shape index (κ1) is 26.6. The van der Waals surface area contributed by atoms with Crippen LogP contribution >= 0.6 is 11.3 Å². The fourth-order valence-corrected chi connectivity index (χ4v) is 4.92. The van der Waals surface area contributed by atoms with Crippen molar-refractivity contribution in [1.29, 1.82) is 0 Å². The molecule has 2 N–H and O–H groups in total. The van der Waals surface area contributed by atoms with Gasteiger partial charge in [-0.15, -0.1) is 11.3 Å². The third kappa shape index (κ3) is 5.95. The van der Waals surface area contributed by atoms with E-state index in [1.807, 2.05) is 13.0 Å². The van der Waals surface area contributed by atoms with E-state index in [2.05, 4.69) is 20.3 Å². The quantitative estimate of drug-likeness (QED) is 0.499. The molecule has 2 aromatic heterocycles. The molecule has 0 unspecified atom stereocenters. The topological polar surface area (TPSA) is 111 Å². The molecule has 174 valence electrons. The third-order valence-electron chi connectivity index (χ3n) is 5.61. The summed E-state index contributed by atoms with van der Waals surface area (Å²) in [6, 6.07) is 6.19. The summed E-state index contributed by atoms with van der Waals surface area (Å²) in [5.41, 5.74) is -0.106. The number of carbonyl (C=O) groups is 1. The van der Waals surface area contributed by atoms with Gasteiger partial charge in [0.25, 0.3) is 0 Å². The Balaban J connectivity index is 0.00000324. The van der Waals surface area contributed by atoms with Crippen molar-refractivity contribution in [2.75, 3.05) is 5.32 Å². The first-order valence-corrected chi connectivity index (χ1v) is 11.0. The number of aryl methyl sites for hydroxylation is 1. The monoisotopic (exact) mass is 500 g/mol. The number of carboxylic acids is 1. The Bertz CT molecular complexity index is 1180. The maximum atomic E-state index is 12.9. The van der Waals surface area contributed by atoms with Crippen LogP contribution in [0.25, 0.3) is 10.4 Å². The van der Waals surface area contributed by atoms with Crippen molar-refractivity contribution in [3.8, 4) is 10.4 Å². The Morgan fingerprint density at radius 2 is 1.94 bits per heavy atom. The van der Waals surface area contributed by atoms with Gasteiger partial charge >= 0.3 is 35.7 Å². The van der Waals surface area contributed by atoms with Gasteiger partial charge in [0.1, 0.15) is 16.3 Å². The number of rotatable bonds is 5. The molecule has 0 aliphatic heterocycles. The number of thiazole rings is 1. The molecule has 1 aliphatic rings. The number of aliphatic carboxylic acids is 1. The van der Waals surface area contributed by atoms with Gasteiger partial charge in [-0.2, -0.15) is 13.2 Å². The van der Waals surface area contributed by atoms with E-state index < -0.39 is 29.4 Å². The summed E-state index contributed by atoms with van der Waals surface area (Å²) in [5.74, 6) is -1.83. The largest absolute Gasteiger partial charge is 1.00 e. The summed E-state index contributed by atoms with van der Waals surface area (Å²) in [6.45, 7) is 1.85. The number of aliphatic hydroxyl groups is 1. The SMILES string of the molecule is Cc1cc(Nc2nccc(C(F)(F)F)n2)cc(-c2cnc([C@]3(O)CC[C@@H](C(=O)[O-])CC3)s2)c1.[Na+]. The second-order valence-corrected chi connectivity index (χ2v) is 9.16. The number of nitrogens with zero attached hydrogens (tertiary/aromatic N) is 3. The fourth-order valence-electron chi connectivity index (χ4n) is 3.87. The van der Waals surface area contributed by atoms with E-state index in [0.29, 0.717) is 23.5 Å². The van der Waals surface area contributed by atoms with Crippen LogP contribution in [0.5, 0.6) is 0 Å². The zero-order valence-corrected chi connectivity index (χ0v) is 21.3. The molecule has 34 heavy (non-hydrogen) atoms. The third-order valence-corrected chi connectivity index (χ3v) is 6.85. The van der Waals surface area contributed by atoms with E-state index in [1.54, 1.807) is 18.3 Å². The Morgan fingerprint density at radius 1 is 1.24 bits per heavy atom. The van der Waals surface area contributed by atoms with Crippen LogP contribution in [0, 0.1) is 12.8 Å². The Morgan fingerprint density at radius 3 is 2.59 bits per heavy atom. The summed E-state index contributed by atoms with van der Waals surface area (Å²) in [6.07, 6.45) is -0.691. The van der Waals surface area contributed by atoms with E-state index in [-0.39, 0.29) is 48.3 Å². The molecule has 2 heterocycles. The van der Waals surface area contributed by atoms with Gasteiger partial charge in [0, 0.05) is 24.1 Å². The van der Waals surface area contributed by atoms with E-state index >= 15 is 0 Å². The molecule has 1 aromatic carbocycles. The molecule has 7 nitrogen and oxygen atoms in total. The number of aromatic nitrogens is 3. The van der Waals surface area contributed by atoms with Gasteiger partial charge in [-0.25, -0.2) is 15.0 Å². The molecular weight excluding hydrogens is 480 g/mol. The van der Waals surface area contributed by atoms with E-state index in [4.69, 9.17) is 0 Å². The van der Waals surface area contributed by atoms with E-state index in [9.17, 15) is 28.2 Å². The van der Waals surface area contributed by atoms with Crippen molar-refractivity contribution in [3.63, 3.8) is 0 Å². The van der Waals surface area contributed by atoms with Crippen LogP contribution in [0.2, 0.25) is 0 Å². The minimum Gasteiger partial charge on any atom is -0.550 e. The Hall–Kier alpha value is -2.05. The molecule has 1 fully saturated rings. The number of hydrogen-bond donors (Lipinski definition) is 2. The van der Waals surface area contributed by atoms with Gasteiger partial charge in [0.15, 0.2) is 0 Å². The number of halogens is 3. The van der Waals surface area contributed by atoms with Crippen LogP contribution in [0.15, 0.2) is 36.7 Å². The predicted octanol–water partition coefficient (Wildman–Crippen LogP) is 0.803. The van der Waals surface area contributed by atoms with Crippen molar-refractivity contribution in [3.05, 3.63) is 52.9 Å². The van der Waals surface area contributed by atoms with Gasteiger partial charge in [-0.05, 0) is 67.9 Å². The first-order chi connectivity index (χ1) is 15.5. The molecular formula is C22H20F3N4NaO3S. The molecule has 0 saturated heterocycles. The standard InChI is InChI=1S/C22H21F3N4O3S.Na/c1-12-8-14(10-15(9-12)28-20-26-7-4-17(29-20)22(23,24)25)16-11-27-19(33-16)21(32)5-2-13(3-6-21)18(30)31;/h4,7-11,13,32H,2-3,5-6H2,1H3,(H,30,31)(H,26,28,29);/q;+1/p-1/t13-,21+;. The number of alkyl halides is 3. The second kappa shape index (κ2) is 10.3. The second-order valence-electron chi connectivity index (χ2n) is 8.13. The van der Waals surface area contributed by atoms with Crippen molar-refractivity contribution in [1.82, 2.24) is 15.0 Å². The zero-order valence-electron chi connectivity index (χ0n) is 18.5. The number of hydrogen-bond acceptors (Lipinski definition) is 8. The summed E-state index contributed by atoms with van der Waals surface area (Å²) in [4.78, 5) is 23.6. The van der Waals surface area contributed by atoms with Crippen LogP contribution in [0.4, 0.5) is 24.8 Å². The molecule has 4 rings (SSSR count). The molecule has 0 atom stereocenters. The van der Waals surface area contributed by atoms with Gasteiger partial charge < -0.3 is 20.3 Å². The normalized spacial score (nSPS) is 20.4. The molecule has 3 aromatic rings. The smallest absolute Gasteiger partial charge is 0.550 e. The van der Waals surface area contributed by atoms with E-state index in [1.165, 1.54) is 11.3 Å². The van der Waals surface area contributed by atoms with Gasteiger partial charge in [0.05, 0.1) is 4.88 Å². The fraction of sp³-hybridized carbons (Fsp3) is 0.364. The molecule has 0 spiro atoms. The number of carbonyl (C=O) groups excluding carboxylic acids is 1. The molecule has 1 aliphatic carbocycles. The summed E-state index contributed by atoms with van der Waals surface area (Å²) in [5, 5.41) is 25.4. The number of carboxylic acid groups (broad SMARTS) is 1. The van der Waals surface area contributed by atoms with Crippen LogP contribution in [-0.4, -0.2) is 26.0 Å². The Kier molecular flexibility index (Phi) is 8.03. The molecule has 0 bridgehead atoms. The first-order valence-electron chi connectivity index (χ1n) is 10.2. The molecule has 0 amide bonds. The van der Waals surface area contributed by atoms with Crippen molar-refractivity contribution in [2.45, 2.75) is 44.4 Å². The van der Waals surface area contributed by atoms with Crippen LogP contribution in [-0.2, 0) is 16.6 Å². The number of anilines is 2. The summed E-state index contributed by atoms with van der Waals surface area (Å²) in [7, 11) is 0. The summed E-state index contributed by atoms with van der Waals surface area (Å²) < 4.78 is 38.8. The van der Waals surface area contributed by atoms with Gasteiger partial charge in [-0.1, -0.05) is 6.07 Å². The number of benzene rings is 1. The van der Waals surface area contributed by atoms with Crippen molar-refractivity contribution < 1.29 is 57.7 Å². The summed E-state index contributed by atoms with van der Waals surface area (Å²) >= 11 is 1.30. The number of nitrogens with one attached hydrogen (secondary N) is 1. The van der Waals surface area contributed by atoms with Crippen LogP contribution in [0.1, 0.15) is 41.9 Å². The van der Waals surface area contributed by atoms with Crippen molar-refractivity contribution in [2.24, 2.45) is 5.92 Å². The van der Waals surface area contributed by atoms with E-state index in [0.717, 1.165) is 28.3 Å². The minimum absolute atomic E-state index is 0. The molecule has 12 heteroatoms. The average molecular weight is 500 g/mol. The maximum Gasteiger partial charge on any atom is 1.00 e. The predicted molar refractivity (Wildman–Crippen MR) is 113 cm³/mol. The zero-order chi connectivity index (χ0) is 23.8. The minimum atomic E-state index is -4.57. The van der Waals surface area contributed by atoms with Crippen LogP contribution < -0.4 is 40.0 Å². The van der Waals surface area contributed by atoms with Gasteiger partial charge in [0.2, 0.25) is 5.95 Å². The Labute approximate surface area is 219 Å². The molecule has 1 saturated carbocycles. The average Bonchev–Trinajstić information content (AvgIpc) is 3.25.